The largest absolute Gasteiger partial charge is 0.354 e. The summed E-state index contributed by atoms with van der Waals surface area (Å²) >= 11 is 0. The van der Waals surface area contributed by atoms with Gasteiger partial charge < -0.3 is 10.2 Å². The minimum Gasteiger partial charge on any atom is -0.354 e. The van der Waals surface area contributed by atoms with Gasteiger partial charge in [0.15, 0.2) is 0 Å². The summed E-state index contributed by atoms with van der Waals surface area (Å²) in [5.74, 6) is 1.51. The molecule has 0 aliphatic carbocycles. The third-order valence-corrected chi connectivity index (χ3v) is 3.65. The number of nitrogens with one attached hydrogen (secondary N) is 2. The summed E-state index contributed by atoms with van der Waals surface area (Å²) in [5.41, 5.74) is 1.06. The van der Waals surface area contributed by atoms with Crippen molar-refractivity contribution >= 4 is 17.7 Å². The molecule has 1 fully saturated rings. The van der Waals surface area contributed by atoms with Gasteiger partial charge in [-0.2, -0.15) is 0 Å². The Hall–Kier alpha value is -2.63. The van der Waals surface area contributed by atoms with Crippen LogP contribution in [0.1, 0.15) is 12.0 Å². The number of hydrogen-bond donors (Lipinski definition) is 2. The highest BCUT2D eigenvalue weighted by atomic mass is 16.2. The number of hydrogen-bond acceptors (Lipinski definition) is 4. The Morgan fingerprint density at radius 2 is 2.18 bits per heavy atom. The van der Waals surface area contributed by atoms with Crippen molar-refractivity contribution in [2.24, 2.45) is 0 Å². The smallest absolute Gasteiger partial charge is 0.320 e. The van der Waals surface area contributed by atoms with E-state index in [4.69, 9.17) is 0 Å². The van der Waals surface area contributed by atoms with E-state index in [-0.39, 0.29) is 12.1 Å². The maximum atomic E-state index is 12.0. The predicted molar refractivity (Wildman–Crippen MR) is 86.0 cm³/mol. The van der Waals surface area contributed by atoms with Gasteiger partial charge in [0, 0.05) is 31.5 Å². The predicted octanol–water partition coefficient (Wildman–Crippen LogP) is 2.19. The first kappa shape index (κ1) is 14.3. The van der Waals surface area contributed by atoms with E-state index >= 15 is 0 Å². The Labute approximate surface area is 129 Å². The molecular weight excluding hydrogens is 278 g/mol. The van der Waals surface area contributed by atoms with Crippen LogP contribution in [0.4, 0.5) is 16.4 Å². The van der Waals surface area contributed by atoms with Crippen molar-refractivity contribution < 1.29 is 4.79 Å². The minimum absolute atomic E-state index is 0.118. The Morgan fingerprint density at radius 1 is 1.27 bits per heavy atom. The lowest BCUT2D eigenvalue weighted by atomic mass is 10.3. The summed E-state index contributed by atoms with van der Waals surface area (Å²) in [4.78, 5) is 22.7. The van der Waals surface area contributed by atoms with Gasteiger partial charge in [-0.25, -0.2) is 14.8 Å². The SMILES string of the molecule is Cc1ccc(NC(=O)N[C@H]2CCN(c3ccccn3)C2)nc1. The number of pyridine rings is 2. The lowest BCUT2D eigenvalue weighted by molar-refractivity contribution is 0.249. The molecule has 1 saturated heterocycles. The molecule has 6 nitrogen and oxygen atoms in total. The zero-order valence-electron chi connectivity index (χ0n) is 12.5. The van der Waals surface area contributed by atoms with Crippen molar-refractivity contribution in [3.8, 4) is 0 Å². The average Bonchev–Trinajstić information content (AvgIpc) is 2.99. The van der Waals surface area contributed by atoms with Crippen LogP contribution in [0, 0.1) is 6.92 Å². The molecule has 0 aromatic carbocycles. The molecule has 3 heterocycles. The van der Waals surface area contributed by atoms with Gasteiger partial charge in [0.2, 0.25) is 0 Å². The Bertz CT molecular complexity index is 629. The maximum absolute atomic E-state index is 12.0. The van der Waals surface area contributed by atoms with E-state index in [0.717, 1.165) is 30.9 Å². The van der Waals surface area contributed by atoms with Crippen LogP contribution in [0.2, 0.25) is 0 Å². The van der Waals surface area contributed by atoms with Gasteiger partial charge in [-0.05, 0) is 37.1 Å². The molecule has 6 heteroatoms. The fourth-order valence-electron chi connectivity index (χ4n) is 2.51. The standard InChI is InChI=1S/C16H19N5O/c1-12-5-6-14(18-10-12)20-16(22)19-13-7-9-21(11-13)15-4-2-3-8-17-15/h2-6,8,10,13H,7,9,11H2,1H3,(H2,18,19,20,22)/t13-/m0/s1. The van der Waals surface area contributed by atoms with Gasteiger partial charge in [0.25, 0.3) is 0 Å². The van der Waals surface area contributed by atoms with Crippen LogP contribution in [0.25, 0.3) is 0 Å². The summed E-state index contributed by atoms with van der Waals surface area (Å²) in [5, 5.41) is 5.74. The molecule has 2 aromatic heterocycles. The van der Waals surface area contributed by atoms with Crippen LogP contribution in [0.5, 0.6) is 0 Å². The van der Waals surface area contributed by atoms with E-state index in [0.29, 0.717) is 5.82 Å². The van der Waals surface area contributed by atoms with Gasteiger partial charge >= 0.3 is 6.03 Å². The van der Waals surface area contributed by atoms with Crippen molar-refractivity contribution in [1.29, 1.82) is 0 Å². The molecule has 22 heavy (non-hydrogen) atoms. The Balaban J connectivity index is 1.51. The van der Waals surface area contributed by atoms with Crippen LogP contribution in [-0.4, -0.2) is 35.1 Å². The Morgan fingerprint density at radius 3 is 2.91 bits per heavy atom. The monoisotopic (exact) mass is 297 g/mol. The number of anilines is 2. The number of urea groups is 1. The zero-order valence-corrected chi connectivity index (χ0v) is 12.5. The van der Waals surface area contributed by atoms with Gasteiger partial charge in [0.05, 0.1) is 0 Å². The summed E-state index contributed by atoms with van der Waals surface area (Å²) in [6.45, 7) is 3.62. The average molecular weight is 297 g/mol. The normalized spacial score (nSPS) is 17.3. The highest BCUT2D eigenvalue weighted by Crippen LogP contribution is 2.17. The van der Waals surface area contributed by atoms with E-state index in [9.17, 15) is 4.79 Å². The van der Waals surface area contributed by atoms with Crippen LogP contribution in [0.15, 0.2) is 42.7 Å². The van der Waals surface area contributed by atoms with Gasteiger partial charge in [-0.15, -0.1) is 0 Å². The van der Waals surface area contributed by atoms with Crippen molar-refractivity contribution in [2.45, 2.75) is 19.4 Å². The molecule has 2 amide bonds. The van der Waals surface area contributed by atoms with Crippen LogP contribution >= 0.6 is 0 Å². The number of amides is 2. The van der Waals surface area contributed by atoms with Gasteiger partial charge in [-0.3, -0.25) is 5.32 Å². The van der Waals surface area contributed by atoms with E-state index in [1.54, 1.807) is 18.5 Å². The second-order valence-corrected chi connectivity index (χ2v) is 5.44. The van der Waals surface area contributed by atoms with Crippen LogP contribution in [0.3, 0.4) is 0 Å². The summed E-state index contributed by atoms with van der Waals surface area (Å²) < 4.78 is 0. The molecule has 0 radical (unpaired) electrons. The number of aromatic nitrogens is 2. The number of aryl methyl sites for hydroxylation is 1. The number of carbonyl (C=O) groups is 1. The first-order valence-electron chi connectivity index (χ1n) is 7.37. The number of rotatable bonds is 3. The molecule has 0 saturated carbocycles. The molecule has 2 aromatic rings. The highest BCUT2D eigenvalue weighted by molar-refractivity contribution is 5.88. The second-order valence-electron chi connectivity index (χ2n) is 5.44. The summed E-state index contributed by atoms with van der Waals surface area (Å²) in [6.07, 6.45) is 4.42. The molecule has 0 bridgehead atoms. The van der Waals surface area contributed by atoms with Crippen molar-refractivity contribution in [2.75, 3.05) is 23.3 Å². The molecule has 1 aliphatic heterocycles. The first-order chi connectivity index (χ1) is 10.7. The van der Waals surface area contributed by atoms with Crippen LogP contribution < -0.4 is 15.5 Å². The summed E-state index contributed by atoms with van der Waals surface area (Å²) in [6, 6.07) is 9.47. The molecule has 3 rings (SSSR count). The van der Waals surface area contributed by atoms with E-state index in [1.165, 1.54) is 0 Å². The van der Waals surface area contributed by atoms with Gasteiger partial charge in [-0.1, -0.05) is 12.1 Å². The fraction of sp³-hybridized carbons (Fsp3) is 0.312. The zero-order chi connectivity index (χ0) is 15.4. The third kappa shape index (κ3) is 3.52. The molecule has 2 N–H and O–H groups in total. The molecule has 0 spiro atoms. The van der Waals surface area contributed by atoms with Crippen molar-refractivity contribution in [3.63, 3.8) is 0 Å². The Kier molecular flexibility index (Phi) is 4.18. The molecular formula is C16H19N5O. The van der Waals surface area contributed by atoms with E-state index < -0.39 is 0 Å². The van der Waals surface area contributed by atoms with Crippen molar-refractivity contribution in [1.82, 2.24) is 15.3 Å². The minimum atomic E-state index is -0.218. The molecule has 1 atom stereocenters. The van der Waals surface area contributed by atoms with E-state index in [1.807, 2.05) is 31.2 Å². The van der Waals surface area contributed by atoms with Crippen molar-refractivity contribution in [3.05, 3.63) is 48.3 Å². The third-order valence-electron chi connectivity index (χ3n) is 3.65. The fourth-order valence-corrected chi connectivity index (χ4v) is 2.51. The molecule has 0 unspecified atom stereocenters. The topological polar surface area (TPSA) is 70.2 Å². The van der Waals surface area contributed by atoms with Crippen LogP contribution in [-0.2, 0) is 0 Å². The number of nitrogens with zero attached hydrogens (tertiary/aromatic N) is 3. The quantitative estimate of drug-likeness (QED) is 0.911. The number of carbonyl (C=O) groups excluding carboxylic acids is 1. The lowest BCUT2D eigenvalue weighted by Gasteiger charge is -2.17. The first-order valence-corrected chi connectivity index (χ1v) is 7.37. The maximum Gasteiger partial charge on any atom is 0.320 e. The summed E-state index contributed by atoms with van der Waals surface area (Å²) in [7, 11) is 0. The molecule has 114 valence electrons. The lowest BCUT2D eigenvalue weighted by Crippen LogP contribution is -2.39. The van der Waals surface area contributed by atoms with Gasteiger partial charge in [0.1, 0.15) is 11.6 Å². The second kappa shape index (κ2) is 6.43. The molecule has 1 aliphatic rings. The van der Waals surface area contributed by atoms with E-state index in [2.05, 4.69) is 25.5 Å². The highest BCUT2D eigenvalue weighted by Gasteiger charge is 2.24.